The van der Waals surface area contributed by atoms with Gasteiger partial charge in [0.05, 0.1) is 11.9 Å². The Hall–Kier alpha value is -2.39. The number of nitrogens with one attached hydrogen (secondary N) is 1. The second-order valence-corrected chi connectivity index (χ2v) is 9.81. The number of nitrogens with zero attached hydrogens (tertiary/aromatic N) is 2. The Morgan fingerprint density at radius 1 is 1.03 bits per heavy atom. The molecule has 0 bridgehead atoms. The van der Waals surface area contributed by atoms with Crippen molar-refractivity contribution in [2.24, 2.45) is 0 Å². The van der Waals surface area contributed by atoms with Crippen molar-refractivity contribution in [2.75, 3.05) is 23.7 Å². The first-order valence-electron chi connectivity index (χ1n) is 10.0. The Labute approximate surface area is 192 Å². The molecule has 0 saturated carbocycles. The Morgan fingerprint density at radius 2 is 1.65 bits per heavy atom. The lowest BCUT2D eigenvalue weighted by atomic mass is 10.1. The quantitative estimate of drug-likeness (QED) is 0.532. The van der Waals surface area contributed by atoms with Gasteiger partial charge in [-0.3, -0.25) is 13.9 Å². The summed E-state index contributed by atoms with van der Waals surface area (Å²) in [5.41, 5.74) is 1.22. The predicted octanol–water partition coefficient (Wildman–Crippen LogP) is 3.16. The molecule has 0 aliphatic rings. The molecule has 0 aliphatic carbocycles. The summed E-state index contributed by atoms with van der Waals surface area (Å²) in [6.45, 7) is 3.86. The third-order valence-electron chi connectivity index (χ3n) is 4.73. The number of likely N-dealkylation sites (N-methyl/N-ethyl adjacent to an activating group) is 1. The number of carbonyl (C=O) groups excluding carboxylic acids is 2. The summed E-state index contributed by atoms with van der Waals surface area (Å²) in [6, 6.07) is 15.4. The lowest BCUT2D eigenvalue weighted by Gasteiger charge is -2.33. The minimum Gasteiger partial charge on any atom is -0.355 e. The van der Waals surface area contributed by atoms with Gasteiger partial charge >= 0.3 is 0 Å². The lowest BCUT2D eigenvalue weighted by Crippen LogP contribution is -2.52. The molecular weight excluding hydrogens is 482 g/mol. The summed E-state index contributed by atoms with van der Waals surface area (Å²) in [5, 5.41) is 2.77. The summed E-state index contributed by atoms with van der Waals surface area (Å²) in [4.78, 5) is 27.5. The summed E-state index contributed by atoms with van der Waals surface area (Å²) >= 11 is 3.36. The van der Waals surface area contributed by atoms with Crippen LogP contribution < -0.4 is 9.62 Å². The standard InChI is InChI=1S/C22H28BrN3O4S/c1-4-19(22(28)24-5-2)25(15-17-11-7-6-8-12-17)21(27)16-26(31(3,29)30)20-14-10-9-13-18(20)23/h6-14,19H,4-5,15-16H2,1-3H3,(H,24,28)/t19-/m1/s1. The zero-order valence-electron chi connectivity index (χ0n) is 17.9. The van der Waals surface area contributed by atoms with E-state index in [1.54, 1.807) is 24.3 Å². The third kappa shape index (κ3) is 6.80. The van der Waals surface area contributed by atoms with Crippen LogP contribution in [-0.2, 0) is 26.2 Å². The first-order chi connectivity index (χ1) is 14.7. The van der Waals surface area contributed by atoms with E-state index < -0.39 is 28.5 Å². The van der Waals surface area contributed by atoms with E-state index in [0.717, 1.165) is 16.1 Å². The van der Waals surface area contributed by atoms with E-state index in [1.807, 2.05) is 44.2 Å². The van der Waals surface area contributed by atoms with Gasteiger partial charge in [-0.1, -0.05) is 49.4 Å². The molecule has 2 aromatic rings. The van der Waals surface area contributed by atoms with E-state index in [9.17, 15) is 18.0 Å². The topological polar surface area (TPSA) is 86.8 Å². The Bertz CT molecular complexity index is 999. The molecule has 0 heterocycles. The van der Waals surface area contributed by atoms with Crippen LogP contribution in [0.5, 0.6) is 0 Å². The predicted molar refractivity (Wildman–Crippen MR) is 126 cm³/mol. The van der Waals surface area contributed by atoms with Crippen molar-refractivity contribution in [3.05, 3.63) is 64.6 Å². The number of sulfonamides is 1. The van der Waals surface area contributed by atoms with Crippen LogP contribution in [0, 0.1) is 0 Å². The number of halogens is 1. The van der Waals surface area contributed by atoms with Gasteiger partial charge in [0.15, 0.2) is 0 Å². The van der Waals surface area contributed by atoms with E-state index in [-0.39, 0.29) is 12.5 Å². The number of hydrogen-bond acceptors (Lipinski definition) is 4. The summed E-state index contributed by atoms with van der Waals surface area (Å²) < 4.78 is 26.7. The first kappa shape index (κ1) is 24.9. The molecule has 7 nitrogen and oxygen atoms in total. The van der Waals surface area contributed by atoms with Crippen molar-refractivity contribution in [1.29, 1.82) is 0 Å². The lowest BCUT2D eigenvalue weighted by molar-refractivity contribution is -0.140. The van der Waals surface area contributed by atoms with Crippen molar-refractivity contribution in [3.63, 3.8) is 0 Å². The van der Waals surface area contributed by atoms with E-state index >= 15 is 0 Å². The zero-order chi connectivity index (χ0) is 23.0. The monoisotopic (exact) mass is 509 g/mol. The molecule has 2 rings (SSSR count). The summed E-state index contributed by atoms with van der Waals surface area (Å²) in [5.74, 6) is -0.718. The highest BCUT2D eigenvalue weighted by Crippen LogP contribution is 2.28. The highest BCUT2D eigenvalue weighted by atomic mass is 79.9. The van der Waals surface area contributed by atoms with E-state index in [1.165, 1.54) is 4.90 Å². The van der Waals surface area contributed by atoms with Crippen molar-refractivity contribution in [2.45, 2.75) is 32.9 Å². The van der Waals surface area contributed by atoms with Crippen LogP contribution in [-0.4, -0.2) is 50.5 Å². The minimum atomic E-state index is -3.75. The van der Waals surface area contributed by atoms with Crippen LogP contribution in [0.3, 0.4) is 0 Å². The fourth-order valence-electron chi connectivity index (χ4n) is 3.24. The van der Waals surface area contributed by atoms with Gasteiger partial charge in [-0.05, 0) is 47.0 Å². The number of anilines is 1. The van der Waals surface area contributed by atoms with Gasteiger partial charge in [-0.15, -0.1) is 0 Å². The molecule has 0 radical (unpaired) electrons. The summed E-state index contributed by atoms with van der Waals surface area (Å²) in [7, 11) is -3.75. The maximum Gasteiger partial charge on any atom is 0.244 e. The number of amides is 2. The molecule has 1 atom stereocenters. The van der Waals surface area contributed by atoms with Gasteiger partial charge in [0.1, 0.15) is 12.6 Å². The van der Waals surface area contributed by atoms with Crippen LogP contribution in [0.25, 0.3) is 0 Å². The Morgan fingerprint density at radius 3 is 2.19 bits per heavy atom. The van der Waals surface area contributed by atoms with Gasteiger partial charge in [0.25, 0.3) is 0 Å². The molecule has 31 heavy (non-hydrogen) atoms. The fourth-order valence-corrected chi connectivity index (χ4v) is 4.72. The highest BCUT2D eigenvalue weighted by molar-refractivity contribution is 9.10. The molecule has 0 fully saturated rings. The number of carbonyl (C=O) groups is 2. The summed E-state index contributed by atoms with van der Waals surface area (Å²) in [6.07, 6.45) is 1.46. The molecule has 0 aliphatic heterocycles. The van der Waals surface area contributed by atoms with Crippen molar-refractivity contribution in [1.82, 2.24) is 10.2 Å². The average Bonchev–Trinajstić information content (AvgIpc) is 2.72. The van der Waals surface area contributed by atoms with E-state index in [0.29, 0.717) is 23.1 Å². The van der Waals surface area contributed by atoms with Crippen molar-refractivity contribution in [3.8, 4) is 0 Å². The maximum atomic E-state index is 13.4. The number of hydrogen-bond donors (Lipinski definition) is 1. The maximum absolute atomic E-state index is 13.4. The Balaban J connectivity index is 2.42. The van der Waals surface area contributed by atoms with Crippen LogP contribution in [0.1, 0.15) is 25.8 Å². The van der Waals surface area contributed by atoms with Gasteiger partial charge in [-0.25, -0.2) is 8.42 Å². The molecule has 0 spiro atoms. The number of para-hydroxylation sites is 1. The first-order valence-corrected chi connectivity index (χ1v) is 12.7. The van der Waals surface area contributed by atoms with Crippen LogP contribution in [0.2, 0.25) is 0 Å². The molecule has 0 saturated heterocycles. The van der Waals surface area contributed by atoms with Gasteiger partial charge in [0, 0.05) is 17.6 Å². The van der Waals surface area contributed by atoms with E-state index in [2.05, 4.69) is 21.2 Å². The second-order valence-electron chi connectivity index (χ2n) is 7.05. The van der Waals surface area contributed by atoms with Crippen molar-refractivity contribution >= 4 is 43.5 Å². The SMILES string of the molecule is CCNC(=O)[C@@H](CC)N(Cc1ccccc1)C(=O)CN(c1ccccc1Br)S(C)(=O)=O. The van der Waals surface area contributed by atoms with Crippen LogP contribution in [0.4, 0.5) is 5.69 Å². The minimum absolute atomic E-state index is 0.197. The molecule has 2 amide bonds. The highest BCUT2D eigenvalue weighted by Gasteiger charge is 2.31. The average molecular weight is 510 g/mol. The van der Waals surface area contributed by atoms with Crippen LogP contribution in [0.15, 0.2) is 59.1 Å². The normalized spacial score (nSPS) is 12.1. The molecular formula is C22H28BrN3O4S. The number of benzene rings is 2. The second kappa shape index (κ2) is 11.3. The third-order valence-corrected chi connectivity index (χ3v) is 6.53. The zero-order valence-corrected chi connectivity index (χ0v) is 20.3. The van der Waals surface area contributed by atoms with E-state index in [4.69, 9.17) is 0 Å². The van der Waals surface area contributed by atoms with Gasteiger partial charge in [-0.2, -0.15) is 0 Å². The van der Waals surface area contributed by atoms with Crippen molar-refractivity contribution < 1.29 is 18.0 Å². The molecule has 168 valence electrons. The molecule has 0 aromatic heterocycles. The molecule has 0 unspecified atom stereocenters. The molecule has 1 N–H and O–H groups in total. The smallest absolute Gasteiger partial charge is 0.244 e. The molecule has 9 heteroatoms. The fraction of sp³-hybridized carbons (Fsp3) is 0.364. The van der Waals surface area contributed by atoms with Crippen LogP contribution >= 0.6 is 15.9 Å². The Kier molecular flexibility index (Phi) is 9.06. The van der Waals surface area contributed by atoms with Gasteiger partial charge in [0.2, 0.25) is 21.8 Å². The number of rotatable bonds is 10. The molecule has 2 aromatic carbocycles. The van der Waals surface area contributed by atoms with Gasteiger partial charge < -0.3 is 10.2 Å². The largest absolute Gasteiger partial charge is 0.355 e.